The molecule has 0 radical (unpaired) electrons. The third-order valence-electron chi connectivity index (χ3n) is 8.55. The Kier molecular flexibility index (Phi) is 9.23. The molecule has 5 rings (SSSR count). The van der Waals surface area contributed by atoms with Gasteiger partial charge in [0.25, 0.3) is 0 Å². The van der Waals surface area contributed by atoms with E-state index in [4.69, 9.17) is 19.9 Å². The molecular weight excluding hydrogens is 544 g/mol. The third kappa shape index (κ3) is 7.25. The van der Waals surface area contributed by atoms with Crippen LogP contribution in [0.1, 0.15) is 91.5 Å². The van der Waals surface area contributed by atoms with Gasteiger partial charge < -0.3 is 19.9 Å². The van der Waals surface area contributed by atoms with Gasteiger partial charge in [0.1, 0.15) is 35.9 Å². The summed E-state index contributed by atoms with van der Waals surface area (Å²) in [5.74, 6) is -0.0777. The molecule has 2 saturated heterocycles. The Labute approximate surface area is 255 Å². The van der Waals surface area contributed by atoms with Gasteiger partial charge in [0.05, 0.1) is 6.33 Å². The molecule has 0 amide bonds. The number of anilines is 1. The standard InChI is InChI=1S/C33H48N6O4/c1-21(2)38(16-10-8-9-11-24(40)17-22-12-14-23(15-13-22)32(3,4)5)18-25-27-28(43-33(6,7)42-27)31(41-25)39-20-37-26-29(34)35-19-36-30(26)39/h12-15,19-21,25,27-28,31H,8-11,16-18H2,1-7H3,(H2,34,35,36)/t25-,27-,28-,31-/m1/s1. The number of nitrogens with two attached hydrogens (primary N) is 1. The van der Waals surface area contributed by atoms with Crippen LogP contribution in [-0.4, -0.2) is 73.4 Å². The molecule has 0 unspecified atom stereocenters. The van der Waals surface area contributed by atoms with Crippen LogP contribution in [0.4, 0.5) is 5.82 Å². The lowest BCUT2D eigenvalue weighted by Crippen LogP contribution is -2.43. The first-order valence-corrected chi connectivity index (χ1v) is 15.6. The van der Waals surface area contributed by atoms with Crippen molar-refractivity contribution in [2.45, 2.75) is 122 Å². The fourth-order valence-electron chi connectivity index (χ4n) is 6.13. The first-order valence-electron chi connectivity index (χ1n) is 15.6. The molecule has 4 atom stereocenters. The highest BCUT2D eigenvalue weighted by Gasteiger charge is 2.56. The van der Waals surface area contributed by atoms with Gasteiger partial charge in [-0.2, -0.15) is 0 Å². The van der Waals surface area contributed by atoms with E-state index in [0.717, 1.165) is 31.4 Å². The number of fused-ring (bicyclic) bond motifs is 2. The predicted octanol–water partition coefficient (Wildman–Crippen LogP) is 5.21. The minimum Gasteiger partial charge on any atom is -0.382 e. The normalized spacial score (nSPS) is 23.5. The molecule has 0 bridgehead atoms. The van der Waals surface area contributed by atoms with Crippen LogP contribution >= 0.6 is 0 Å². The number of carbonyl (C=O) groups is 1. The molecule has 10 heteroatoms. The molecule has 3 aromatic rings. The highest BCUT2D eigenvalue weighted by atomic mass is 16.8. The Morgan fingerprint density at radius 3 is 2.47 bits per heavy atom. The van der Waals surface area contributed by atoms with Gasteiger partial charge in [0.15, 0.2) is 23.5 Å². The van der Waals surface area contributed by atoms with E-state index in [9.17, 15) is 4.79 Å². The summed E-state index contributed by atoms with van der Waals surface area (Å²) in [5.41, 5.74) is 9.70. The van der Waals surface area contributed by atoms with Gasteiger partial charge in [-0.15, -0.1) is 0 Å². The van der Waals surface area contributed by atoms with E-state index in [1.165, 1.54) is 11.9 Å². The average Bonchev–Trinajstić information content (AvgIpc) is 3.59. The molecule has 2 N–H and O–H groups in total. The second-order valence-electron chi connectivity index (χ2n) is 13.8. The average molecular weight is 593 g/mol. The molecule has 2 aliphatic rings. The fourth-order valence-corrected chi connectivity index (χ4v) is 6.13. The Morgan fingerprint density at radius 1 is 1.05 bits per heavy atom. The van der Waals surface area contributed by atoms with Gasteiger partial charge in [0, 0.05) is 25.4 Å². The van der Waals surface area contributed by atoms with E-state index in [2.05, 4.69) is 78.7 Å². The van der Waals surface area contributed by atoms with Crippen molar-refractivity contribution in [3.05, 3.63) is 48.0 Å². The van der Waals surface area contributed by atoms with Crippen LogP contribution in [0.2, 0.25) is 0 Å². The number of hydrogen-bond acceptors (Lipinski definition) is 9. The van der Waals surface area contributed by atoms with Crippen molar-refractivity contribution in [1.29, 1.82) is 0 Å². The lowest BCUT2D eigenvalue weighted by Gasteiger charge is -2.31. The first kappa shape index (κ1) is 31.5. The van der Waals surface area contributed by atoms with Gasteiger partial charge in [-0.05, 0) is 63.6 Å². The van der Waals surface area contributed by atoms with Crippen LogP contribution in [-0.2, 0) is 30.8 Å². The zero-order valence-corrected chi connectivity index (χ0v) is 26.7. The summed E-state index contributed by atoms with van der Waals surface area (Å²) < 4.78 is 21.2. The van der Waals surface area contributed by atoms with Gasteiger partial charge in [-0.1, -0.05) is 51.5 Å². The molecule has 1 aromatic carbocycles. The van der Waals surface area contributed by atoms with Gasteiger partial charge in [-0.3, -0.25) is 14.3 Å². The lowest BCUT2D eigenvalue weighted by atomic mass is 9.86. The number of imidazole rings is 1. The Hall–Kier alpha value is -2.92. The fraction of sp³-hybridized carbons (Fsp3) is 0.636. The highest BCUT2D eigenvalue weighted by Crippen LogP contribution is 2.44. The second kappa shape index (κ2) is 12.6. The topological polar surface area (TPSA) is 118 Å². The zero-order chi connectivity index (χ0) is 30.9. The van der Waals surface area contributed by atoms with E-state index in [-0.39, 0.29) is 23.7 Å². The molecule has 0 spiro atoms. The summed E-state index contributed by atoms with van der Waals surface area (Å²) in [6.07, 6.45) is 6.01. The Bertz CT molecular complexity index is 1400. The molecule has 234 valence electrons. The quantitative estimate of drug-likeness (QED) is 0.283. The minimum absolute atomic E-state index is 0.119. The maximum Gasteiger partial charge on any atom is 0.167 e. The first-order chi connectivity index (χ1) is 20.3. The maximum atomic E-state index is 12.6. The van der Waals surface area contributed by atoms with Crippen LogP contribution in [0.15, 0.2) is 36.9 Å². The van der Waals surface area contributed by atoms with Crippen molar-refractivity contribution in [3.63, 3.8) is 0 Å². The monoisotopic (exact) mass is 592 g/mol. The highest BCUT2D eigenvalue weighted by molar-refractivity contribution is 5.81. The smallest absolute Gasteiger partial charge is 0.167 e. The lowest BCUT2D eigenvalue weighted by molar-refractivity contribution is -0.198. The molecule has 43 heavy (non-hydrogen) atoms. The van der Waals surface area contributed by atoms with Crippen LogP contribution in [0.5, 0.6) is 0 Å². The SMILES string of the molecule is CC(C)N(CCCCCC(=O)Cc1ccc(C(C)(C)C)cc1)C[C@H]1O[C@@H](n2cnc3c(N)ncnc32)[C@@H]2OC(C)(C)O[C@@H]21. The van der Waals surface area contributed by atoms with Crippen LogP contribution in [0, 0.1) is 0 Å². The van der Waals surface area contributed by atoms with Crippen LogP contribution in [0.3, 0.4) is 0 Å². The summed E-state index contributed by atoms with van der Waals surface area (Å²) in [6.45, 7) is 16.5. The summed E-state index contributed by atoms with van der Waals surface area (Å²) in [5, 5.41) is 0. The number of rotatable bonds is 12. The summed E-state index contributed by atoms with van der Waals surface area (Å²) in [4.78, 5) is 28.0. The zero-order valence-electron chi connectivity index (χ0n) is 26.7. The number of nitrogens with zero attached hydrogens (tertiary/aromatic N) is 5. The van der Waals surface area contributed by atoms with E-state index in [0.29, 0.717) is 48.2 Å². The number of ether oxygens (including phenoxy) is 3. The van der Waals surface area contributed by atoms with Crippen LogP contribution < -0.4 is 5.73 Å². The number of hydrogen-bond donors (Lipinski definition) is 1. The van der Waals surface area contributed by atoms with E-state index < -0.39 is 12.0 Å². The van der Waals surface area contributed by atoms with Crippen LogP contribution in [0.25, 0.3) is 11.2 Å². The predicted molar refractivity (Wildman–Crippen MR) is 167 cm³/mol. The van der Waals surface area contributed by atoms with Gasteiger partial charge in [-0.25, -0.2) is 15.0 Å². The van der Waals surface area contributed by atoms with E-state index in [1.807, 2.05) is 18.4 Å². The summed E-state index contributed by atoms with van der Waals surface area (Å²) in [7, 11) is 0. The van der Waals surface area contributed by atoms with E-state index >= 15 is 0 Å². The molecule has 2 aliphatic heterocycles. The molecule has 0 saturated carbocycles. The van der Waals surface area contributed by atoms with Gasteiger partial charge in [0.2, 0.25) is 0 Å². The van der Waals surface area contributed by atoms with Crippen molar-refractivity contribution in [1.82, 2.24) is 24.4 Å². The number of aromatic nitrogens is 4. The van der Waals surface area contributed by atoms with E-state index in [1.54, 1.807) is 6.33 Å². The minimum atomic E-state index is -0.718. The molecule has 0 aliphatic carbocycles. The molecular formula is C33H48N6O4. The van der Waals surface area contributed by atoms with Crippen molar-refractivity contribution >= 4 is 22.8 Å². The number of nitrogen functional groups attached to an aromatic ring is 1. The molecule has 4 heterocycles. The third-order valence-corrected chi connectivity index (χ3v) is 8.55. The Balaban J connectivity index is 1.14. The number of Topliss-reactive ketones (excluding diaryl/α,β-unsaturated/α-hetero) is 1. The largest absolute Gasteiger partial charge is 0.382 e. The number of unbranched alkanes of at least 4 members (excludes halogenated alkanes) is 2. The summed E-state index contributed by atoms with van der Waals surface area (Å²) >= 11 is 0. The van der Waals surface area contributed by atoms with Crippen molar-refractivity contribution in [3.8, 4) is 0 Å². The number of benzene rings is 1. The van der Waals surface area contributed by atoms with Crippen molar-refractivity contribution < 1.29 is 19.0 Å². The molecule has 2 aromatic heterocycles. The number of ketones is 1. The Morgan fingerprint density at radius 2 is 1.77 bits per heavy atom. The number of carbonyl (C=O) groups excluding carboxylic acids is 1. The van der Waals surface area contributed by atoms with Crippen molar-refractivity contribution in [2.24, 2.45) is 0 Å². The molecule has 10 nitrogen and oxygen atoms in total. The van der Waals surface area contributed by atoms with Crippen molar-refractivity contribution in [2.75, 3.05) is 18.8 Å². The summed E-state index contributed by atoms with van der Waals surface area (Å²) in [6, 6.07) is 8.81. The maximum absolute atomic E-state index is 12.6. The second-order valence-corrected chi connectivity index (χ2v) is 13.8. The van der Waals surface area contributed by atoms with Gasteiger partial charge >= 0.3 is 0 Å². The molecule has 2 fully saturated rings.